The molecule has 0 aliphatic carbocycles. The Morgan fingerprint density at radius 3 is 2.90 bits per heavy atom. The molecule has 0 aliphatic rings. The first-order valence-electron chi connectivity index (χ1n) is 6.70. The zero-order valence-electron chi connectivity index (χ0n) is 12.3. The first kappa shape index (κ1) is 15.5. The second-order valence-corrected chi connectivity index (χ2v) is 5.71. The molecule has 0 atom stereocenters. The molecule has 1 aromatic carbocycles. The van der Waals surface area contributed by atoms with Gasteiger partial charge in [0.2, 0.25) is 5.13 Å². The third-order valence-corrected chi connectivity index (χ3v) is 3.48. The maximum Gasteiger partial charge on any atom is 0.203 e. The average Bonchev–Trinajstić information content (AvgIpc) is 2.85. The smallest absolute Gasteiger partial charge is 0.203 e. The molecule has 2 N–H and O–H groups in total. The zero-order valence-corrected chi connectivity index (χ0v) is 13.1. The number of aliphatic hydroxyl groups is 1. The Morgan fingerprint density at radius 2 is 2.29 bits per heavy atom. The molecule has 0 saturated carbocycles. The SMILES string of the molecule is Cc1csc(NN=Cc2ccc(OC(C)C)c(CO)c2)n1. The zero-order chi connectivity index (χ0) is 15.2. The van der Waals surface area contributed by atoms with Crippen LogP contribution in [0.5, 0.6) is 5.75 Å². The molecule has 0 fully saturated rings. The highest BCUT2D eigenvalue weighted by molar-refractivity contribution is 7.13. The number of thiazole rings is 1. The van der Waals surface area contributed by atoms with Crippen LogP contribution in [0, 0.1) is 6.92 Å². The van der Waals surface area contributed by atoms with Crippen LogP contribution in [0.4, 0.5) is 5.13 Å². The first-order valence-corrected chi connectivity index (χ1v) is 7.58. The van der Waals surface area contributed by atoms with Crippen molar-refractivity contribution in [2.45, 2.75) is 33.5 Å². The van der Waals surface area contributed by atoms with Crippen molar-refractivity contribution in [2.24, 2.45) is 5.10 Å². The Balaban J connectivity index is 2.06. The van der Waals surface area contributed by atoms with Gasteiger partial charge in [-0.3, -0.25) is 5.43 Å². The Morgan fingerprint density at radius 1 is 1.48 bits per heavy atom. The minimum absolute atomic E-state index is 0.0666. The van der Waals surface area contributed by atoms with Gasteiger partial charge in [0, 0.05) is 10.9 Å². The third kappa shape index (κ3) is 4.54. The van der Waals surface area contributed by atoms with E-state index in [1.165, 1.54) is 11.3 Å². The largest absolute Gasteiger partial charge is 0.491 e. The van der Waals surface area contributed by atoms with E-state index in [2.05, 4.69) is 15.5 Å². The van der Waals surface area contributed by atoms with E-state index in [1.54, 1.807) is 6.21 Å². The van der Waals surface area contributed by atoms with Crippen LogP contribution < -0.4 is 10.2 Å². The van der Waals surface area contributed by atoms with Crippen molar-refractivity contribution in [3.05, 3.63) is 40.4 Å². The second kappa shape index (κ2) is 7.19. The lowest BCUT2D eigenvalue weighted by Crippen LogP contribution is -2.07. The maximum absolute atomic E-state index is 9.41. The van der Waals surface area contributed by atoms with Crippen molar-refractivity contribution in [3.8, 4) is 5.75 Å². The molecular formula is C15H19N3O2S. The van der Waals surface area contributed by atoms with Gasteiger partial charge in [0.25, 0.3) is 0 Å². The number of anilines is 1. The molecule has 5 nitrogen and oxygen atoms in total. The quantitative estimate of drug-likeness (QED) is 0.635. The summed E-state index contributed by atoms with van der Waals surface area (Å²) >= 11 is 1.51. The van der Waals surface area contributed by atoms with Crippen LogP contribution in [0.1, 0.15) is 30.7 Å². The molecule has 112 valence electrons. The maximum atomic E-state index is 9.41. The number of hydrogen-bond acceptors (Lipinski definition) is 6. The number of hydrazone groups is 1. The molecule has 0 unspecified atom stereocenters. The minimum Gasteiger partial charge on any atom is -0.491 e. The summed E-state index contributed by atoms with van der Waals surface area (Å²) in [5.41, 5.74) is 5.48. The summed E-state index contributed by atoms with van der Waals surface area (Å²) in [7, 11) is 0. The number of nitrogens with one attached hydrogen (secondary N) is 1. The van der Waals surface area contributed by atoms with Crippen LogP contribution in [0.15, 0.2) is 28.7 Å². The summed E-state index contributed by atoms with van der Waals surface area (Å²) in [4.78, 5) is 4.26. The highest BCUT2D eigenvalue weighted by Crippen LogP contribution is 2.21. The molecular weight excluding hydrogens is 286 g/mol. The second-order valence-electron chi connectivity index (χ2n) is 4.86. The van der Waals surface area contributed by atoms with E-state index in [-0.39, 0.29) is 12.7 Å². The molecule has 2 aromatic rings. The molecule has 1 heterocycles. The molecule has 0 radical (unpaired) electrons. The predicted molar refractivity (Wildman–Crippen MR) is 86.2 cm³/mol. The fraction of sp³-hybridized carbons (Fsp3) is 0.333. The lowest BCUT2D eigenvalue weighted by Gasteiger charge is -2.13. The van der Waals surface area contributed by atoms with Gasteiger partial charge in [-0.05, 0) is 44.5 Å². The van der Waals surface area contributed by atoms with Gasteiger partial charge in [-0.2, -0.15) is 5.10 Å². The summed E-state index contributed by atoms with van der Waals surface area (Å²) in [6.07, 6.45) is 1.76. The van der Waals surface area contributed by atoms with E-state index in [9.17, 15) is 5.11 Å². The van der Waals surface area contributed by atoms with Gasteiger partial charge in [0.05, 0.1) is 24.6 Å². The lowest BCUT2D eigenvalue weighted by molar-refractivity contribution is 0.225. The summed E-state index contributed by atoms with van der Waals surface area (Å²) in [5, 5.41) is 16.3. The molecule has 6 heteroatoms. The normalized spacial score (nSPS) is 11.3. The standard InChI is InChI=1S/C15H19N3O2S/c1-10(2)20-14-5-4-12(6-13(14)8-19)7-16-18-15-17-11(3)9-21-15/h4-7,9-10,19H,8H2,1-3H3,(H,17,18). The molecule has 0 amide bonds. The number of rotatable bonds is 6. The number of aryl methyl sites for hydroxylation is 1. The van der Waals surface area contributed by atoms with Crippen molar-refractivity contribution in [1.29, 1.82) is 0 Å². The van der Waals surface area contributed by atoms with Crippen molar-refractivity contribution < 1.29 is 9.84 Å². The van der Waals surface area contributed by atoms with E-state index < -0.39 is 0 Å². The lowest BCUT2D eigenvalue weighted by atomic mass is 10.1. The molecule has 0 spiro atoms. The summed E-state index contributed by atoms with van der Waals surface area (Å²) < 4.78 is 5.64. The third-order valence-electron chi connectivity index (χ3n) is 2.61. The van der Waals surface area contributed by atoms with Gasteiger partial charge in [0.15, 0.2) is 0 Å². The fourth-order valence-corrected chi connectivity index (χ4v) is 2.38. The predicted octanol–water partition coefficient (Wildman–Crippen LogP) is 3.18. The Kier molecular flexibility index (Phi) is 5.30. The van der Waals surface area contributed by atoms with Crippen LogP contribution in [0.25, 0.3) is 0 Å². The van der Waals surface area contributed by atoms with Crippen LogP contribution in [-0.4, -0.2) is 22.4 Å². The van der Waals surface area contributed by atoms with E-state index in [1.807, 2.05) is 44.4 Å². The minimum atomic E-state index is -0.0666. The van der Waals surface area contributed by atoms with Gasteiger partial charge in [-0.15, -0.1) is 11.3 Å². The number of nitrogens with zero attached hydrogens (tertiary/aromatic N) is 2. The van der Waals surface area contributed by atoms with Crippen molar-refractivity contribution in [1.82, 2.24) is 4.98 Å². The van der Waals surface area contributed by atoms with Crippen molar-refractivity contribution >= 4 is 22.7 Å². The molecule has 21 heavy (non-hydrogen) atoms. The highest BCUT2D eigenvalue weighted by Gasteiger charge is 2.05. The average molecular weight is 305 g/mol. The summed E-state index contributed by atoms with van der Waals surface area (Å²) in [6.45, 7) is 5.78. The summed E-state index contributed by atoms with van der Waals surface area (Å²) in [5.74, 6) is 0.702. The monoisotopic (exact) mass is 305 g/mol. The molecule has 2 rings (SSSR count). The molecule has 0 bridgehead atoms. The fourth-order valence-electron chi connectivity index (χ4n) is 1.74. The van der Waals surface area contributed by atoms with Crippen molar-refractivity contribution in [3.63, 3.8) is 0 Å². The van der Waals surface area contributed by atoms with Crippen LogP contribution in [0.3, 0.4) is 0 Å². The Bertz CT molecular complexity index is 623. The van der Waals surface area contributed by atoms with Gasteiger partial charge in [-0.25, -0.2) is 4.98 Å². The molecule has 0 saturated heterocycles. The van der Waals surface area contributed by atoms with Crippen LogP contribution in [0.2, 0.25) is 0 Å². The number of aromatic nitrogens is 1. The van der Waals surface area contributed by atoms with Gasteiger partial charge < -0.3 is 9.84 Å². The number of ether oxygens (including phenoxy) is 1. The van der Waals surface area contributed by atoms with E-state index in [0.717, 1.165) is 22.0 Å². The topological polar surface area (TPSA) is 66.7 Å². The first-order chi connectivity index (χ1) is 10.1. The van der Waals surface area contributed by atoms with Crippen LogP contribution in [-0.2, 0) is 6.61 Å². The van der Waals surface area contributed by atoms with Crippen molar-refractivity contribution in [2.75, 3.05) is 5.43 Å². The Hall–Kier alpha value is -1.92. The van der Waals surface area contributed by atoms with E-state index >= 15 is 0 Å². The highest BCUT2D eigenvalue weighted by atomic mass is 32.1. The van der Waals surface area contributed by atoms with Gasteiger partial charge in [-0.1, -0.05) is 0 Å². The molecule has 0 aliphatic heterocycles. The van der Waals surface area contributed by atoms with Gasteiger partial charge in [0.1, 0.15) is 5.75 Å². The number of hydrogen-bond donors (Lipinski definition) is 2. The van der Waals surface area contributed by atoms with Gasteiger partial charge >= 0.3 is 0 Å². The van der Waals surface area contributed by atoms with Crippen LogP contribution >= 0.6 is 11.3 Å². The number of benzene rings is 1. The summed E-state index contributed by atoms with van der Waals surface area (Å²) in [6, 6.07) is 5.60. The van der Waals surface area contributed by atoms with E-state index in [4.69, 9.17) is 4.74 Å². The number of aliphatic hydroxyl groups excluding tert-OH is 1. The molecule has 1 aromatic heterocycles. The Labute approximate surface area is 128 Å². The van der Waals surface area contributed by atoms with E-state index in [0.29, 0.717) is 5.75 Å².